The molecule has 0 amide bonds. The van der Waals surface area contributed by atoms with Crippen molar-refractivity contribution >= 4 is 0 Å². The Bertz CT molecular complexity index is 474. The van der Waals surface area contributed by atoms with Gasteiger partial charge in [0.2, 0.25) is 0 Å². The monoisotopic (exact) mass is 231 g/mol. The number of nitrogens with zero attached hydrogens (tertiary/aromatic N) is 4. The lowest BCUT2D eigenvalue weighted by molar-refractivity contribution is 0.620. The number of aromatic nitrogens is 4. The van der Waals surface area contributed by atoms with Crippen molar-refractivity contribution in [1.82, 2.24) is 20.2 Å². The second-order valence-corrected chi connectivity index (χ2v) is 4.24. The van der Waals surface area contributed by atoms with Crippen molar-refractivity contribution in [2.45, 2.75) is 19.3 Å². The summed E-state index contributed by atoms with van der Waals surface area (Å²) >= 11 is 0. The summed E-state index contributed by atoms with van der Waals surface area (Å²) in [5.41, 5.74) is 8.29. The Hall–Kier alpha value is -1.75. The zero-order valence-corrected chi connectivity index (χ0v) is 10.2. The molecule has 0 saturated heterocycles. The molecule has 0 spiro atoms. The summed E-state index contributed by atoms with van der Waals surface area (Å²) in [6.07, 6.45) is 0.730. The van der Waals surface area contributed by atoms with E-state index in [1.165, 1.54) is 15.9 Å². The third kappa shape index (κ3) is 2.88. The lowest BCUT2D eigenvalue weighted by Crippen LogP contribution is -2.15. The lowest BCUT2D eigenvalue weighted by Gasteiger charge is -2.13. The van der Waals surface area contributed by atoms with E-state index < -0.39 is 0 Å². The average molecular weight is 231 g/mol. The van der Waals surface area contributed by atoms with Crippen molar-refractivity contribution in [3.05, 3.63) is 41.2 Å². The summed E-state index contributed by atoms with van der Waals surface area (Å²) in [6.45, 7) is 2.66. The number of rotatable bonds is 4. The van der Waals surface area contributed by atoms with E-state index in [2.05, 4.69) is 46.6 Å². The van der Waals surface area contributed by atoms with Gasteiger partial charge in [0.15, 0.2) is 5.82 Å². The highest BCUT2D eigenvalue weighted by atomic mass is 15.6. The highest BCUT2D eigenvalue weighted by Crippen LogP contribution is 2.18. The van der Waals surface area contributed by atoms with Crippen LogP contribution in [0.3, 0.4) is 0 Å². The topological polar surface area (TPSA) is 69.6 Å². The van der Waals surface area contributed by atoms with Gasteiger partial charge < -0.3 is 5.73 Å². The Morgan fingerprint density at radius 1 is 1.29 bits per heavy atom. The molecule has 0 radical (unpaired) electrons. The molecular formula is C12H17N5. The van der Waals surface area contributed by atoms with Crippen molar-refractivity contribution in [3.63, 3.8) is 0 Å². The first kappa shape index (κ1) is 11.7. The largest absolute Gasteiger partial charge is 0.330 e. The summed E-state index contributed by atoms with van der Waals surface area (Å²) < 4.78 is 0. The minimum Gasteiger partial charge on any atom is -0.330 e. The van der Waals surface area contributed by atoms with Crippen LogP contribution in [-0.4, -0.2) is 26.8 Å². The van der Waals surface area contributed by atoms with Crippen LogP contribution < -0.4 is 5.73 Å². The van der Waals surface area contributed by atoms with Crippen LogP contribution in [0.2, 0.25) is 0 Å². The molecule has 90 valence electrons. The van der Waals surface area contributed by atoms with Crippen LogP contribution in [0.5, 0.6) is 0 Å². The molecule has 0 saturated carbocycles. The van der Waals surface area contributed by atoms with Gasteiger partial charge in [0, 0.05) is 12.3 Å². The quantitative estimate of drug-likeness (QED) is 0.845. The van der Waals surface area contributed by atoms with E-state index >= 15 is 0 Å². The van der Waals surface area contributed by atoms with Gasteiger partial charge in [-0.3, -0.25) is 0 Å². The van der Waals surface area contributed by atoms with Gasteiger partial charge in [0.25, 0.3) is 0 Å². The van der Waals surface area contributed by atoms with Crippen LogP contribution in [0, 0.1) is 6.92 Å². The van der Waals surface area contributed by atoms with Gasteiger partial charge in [0.05, 0.1) is 7.05 Å². The van der Waals surface area contributed by atoms with Gasteiger partial charge in [-0.2, -0.15) is 4.80 Å². The van der Waals surface area contributed by atoms with E-state index in [1.54, 1.807) is 7.05 Å². The maximum absolute atomic E-state index is 5.81. The summed E-state index contributed by atoms with van der Waals surface area (Å²) in [5, 5.41) is 12.0. The van der Waals surface area contributed by atoms with Crippen LogP contribution in [0.1, 0.15) is 22.9 Å². The molecule has 0 aliphatic rings. The van der Waals surface area contributed by atoms with Crippen LogP contribution in [0.15, 0.2) is 24.3 Å². The maximum Gasteiger partial charge on any atom is 0.175 e. The lowest BCUT2D eigenvalue weighted by atomic mass is 9.95. The summed E-state index contributed by atoms with van der Waals surface area (Å²) in [6, 6.07) is 8.43. The second-order valence-electron chi connectivity index (χ2n) is 4.24. The van der Waals surface area contributed by atoms with E-state index in [4.69, 9.17) is 5.73 Å². The third-order valence-electron chi connectivity index (χ3n) is 2.81. The van der Waals surface area contributed by atoms with E-state index in [9.17, 15) is 0 Å². The normalized spacial score (nSPS) is 12.6. The fourth-order valence-corrected chi connectivity index (χ4v) is 1.80. The minimum absolute atomic E-state index is 0.250. The smallest absolute Gasteiger partial charge is 0.175 e. The predicted molar refractivity (Wildman–Crippen MR) is 65.5 cm³/mol. The van der Waals surface area contributed by atoms with Crippen LogP contribution in [0.25, 0.3) is 0 Å². The highest BCUT2D eigenvalue weighted by Gasteiger charge is 2.13. The van der Waals surface area contributed by atoms with Gasteiger partial charge >= 0.3 is 0 Å². The van der Waals surface area contributed by atoms with Crippen molar-refractivity contribution in [1.29, 1.82) is 0 Å². The Kier molecular flexibility index (Phi) is 3.49. The van der Waals surface area contributed by atoms with Crippen molar-refractivity contribution < 1.29 is 0 Å². The van der Waals surface area contributed by atoms with E-state index in [1.807, 2.05) is 0 Å². The Labute approximate surface area is 101 Å². The summed E-state index contributed by atoms with van der Waals surface area (Å²) in [4.78, 5) is 1.47. The molecule has 0 fully saturated rings. The predicted octanol–water partition coefficient (Wildman–Crippen LogP) is 0.804. The first-order valence-corrected chi connectivity index (χ1v) is 5.68. The van der Waals surface area contributed by atoms with Gasteiger partial charge in [-0.1, -0.05) is 29.8 Å². The minimum atomic E-state index is 0.250. The first-order valence-electron chi connectivity index (χ1n) is 5.68. The zero-order chi connectivity index (χ0) is 12.3. The molecule has 2 N–H and O–H groups in total. The van der Waals surface area contributed by atoms with Gasteiger partial charge in [-0.25, -0.2) is 0 Å². The van der Waals surface area contributed by atoms with Crippen LogP contribution >= 0.6 is 0 Å². The molecule has 17 heavy (non-hydrogen) atoms. The molecule has 2 rings (SSSR count). The van der Waals surface area contributed by atoms with E-state index in [-0.39, 0.29) is 5.92 Å². The summed E-state index contributed by atoms with van der Waals surface area (Å²) in [7, 11) is 1.76. The zero-order valence-electron chi connectivity index (χ0n) is 10.2. The Morgan fingerprint density at radius 3 is 2.53 bits per heavy atom. The molecule has 1 aromatic carbocycles. The molecule has 1 unspecified atom stereocenters. The van der Waals surface area contributed by atoms with Gasteiger partial charge in [-0.15, -0.1) is 10.2 Å². The molecule has 5 heteroatoms. The number of hydrogen-bond donors (Lipinski definition) is 1. The number of hydrogen-bond acceptors (Lipinski definition) is 4. The molecule has 0 aliphatic carbocycles. The van der Waals surface area contributed by atoms with Gasteiger partial charge in [0.1, 0.15) is 0 Å². The van der Waals surface area contributed by atoms with E-state index in [0.717, 1.165) is 12.2 Å². The number of nitrogens with two attached hydrogens (primary N) is 1. The van der Waals surface area contributed by atoms with Crippen LogP contribution in [-0.2, 0) is 13.5 Å². The second kappa shape index (κ2) is 5.05. The standard InChI is InChI=1S/C12H17N5/c1-9-3-5-10(6-4-9)11(8-13)7-12-14-16-17(2)15-12/h3-6,11H,7-8,13H2,1-2H3. The van der Waals surface area contributed by atoms with Crippen LogP contribution in [0.4, 0.5) is 0 Å². The molecule has 2 aromatic rings. The molecular weight excluding hydrogens is 214 g/mol. The molecule has 1 heterocycles. The molecule has 1 aromatic heterocycles. The summed E-state index contributed by atoms with van der Waals surface area (Å²) in [5.74, 6) is 0.989. The molecule has 1 atom stereocenters. The number of tetrazole rings is 1. The Balaban J connectivity index is 2.13. The Morgan fingerprint density at radius 2 is 2.00 bits per heavy atom. The van der Waals surface area contributed by atoms with Crippen molar-refractivity contribution in [2.75, 3.05) is 6.54 Å². The average Bonchev–Trinajstić information content (AvgIpc) is 2.73. The fourth-order valence-electron chi connectivity index (χ4n) is 1.80. The first-order chi connectivity index (χ1) is 8.19. The van der Waals surface area contributed by atoms with Crippen molar-refractivity contribution in [3.8, 4) is 0 Å². The van der Waals surface area contributed by atoms with Crippen molar-refractivity contribution in [2.24, 2.45) is 12.8 Å². The number of benzene rings is 1. The molecule has 0 bridgehead atoms. The fraction of sp³-hybridized carbons (Fsp3) is 0.417. The highest BCUT2D eigenvalue weighted by molar-refractivity contribution is 5.25. The SMILES string of the molecule is Cc1ccc(C(CN)Cc2nnn(C)n2)cc1. The van der Waals surface area contributed by atoms with E-state index in [0.29, 0.717) is 6.54 Å². The molecule has 0 aliphatic heterocycles. The maximum atomic E-state index is 5.81. The third-order valence-corrected chi connectivity index (χ3v) is 2.81. The molecule has 5 nitrogen and oxygen atoms in total. The van der Waals surface area contributed by atoms with Gasteiger partial charge in [-0.05, 0) is 24.2 Å². The number of aryl methyl sites for hydroxylation is 2.